The zero-order valence-corrected chi connectivity index (χ0v) is 21.7. The fraction of sp³-hybridized carbons (Fsp3) is 0.500. The minimum absolute atomic E-state index is 0.235. The maximum atomic E-state index is 12.7. The summed E-state index contributed by atoms with van der Waals surface area (Å²) in [4.78, 5) is 101. The van der Waals surface area contributed by atoms with Crippen LogP contribution in [0, 0.1) is 0 Å². The highest BCUT2D eigenvalue weighted by Crippen LogP contribution is 2.04. The molecule has 0 fully saturated rings. The van der Waals surface area contributed by atoms with Crippen molar-refractivity contribution in [3.8, 4) is 0 Å². The lowest BCUT2D eigenvalue weighted by molar-refractivity contribution is -0.144. The van der Waals surface area contributed by atoms with E-state index in [9.17, 15) is 48.6 Å². The molecule has 0 unspecified atom stereocenters. The van der Waals surface area contributed by atoms with Crippen LogP contribution in [-0.4, -0.2) is 108 Å². The normalized spacial score (nSPS) is 14.3. The van der Waals surface area contributed by atoms with Gasteiger partial charge in [0.1, 0.15) is 24.2 Å². The second-order valence-electron chi connectivity index (χ2n) is 8.77. The molecule has 19 nitrogen and oxygen atoms in total. The summed E-state index contributed by atoms with van der Waals surface area (Å²) in [6.07, 6.45) is -0.435. The summed E-state index contributed by atoms with van der Waals surface area (Å²) in [5, 5.41) is 44.8. The Bertz CT molecular complexity index is 1140. The van der Waals surface area contributed by atoms with Gasteiger partial charge in [-0.2, -0.15) is 0 Å². The summed E-state index contributed by atoms with van der Waals surface area (Å²) in [5.41, 5.74) is 5.80. The minimum Gasteiger partial charge on any atom is -0.481 e. The van der Waals surface area contributed by atoms with E-state index in [1.807, 2.05) is 0 Å². The van der Waals surface area contributed by atoms with Crippen LogP contribution in [0.5, 0.6) is 0 Å². The largest absolute Gasteiger partial charge is 0.481 e. The molecular weight excluding hydrogens is 554 g/mol. The van der Waals surface area contributed by atoms with Gasteiger partial charge >= 0.3 is 23.9 Å². The lowest BCUT2D eigenvalue weighted by Crippen LogP contribution is -2.58. The minimum atomic E-state index is -1.76. The van der Waals surface area contributed by atoms with Gasteiger partial charge in [-0.25, -0.2) is 9.78 Å². The molecule has 41 heavy (non-hydrogen) atoms. The van der Waals surface area contributed by atoms with Crippen LogP contribution in [0.15, 0.2) is 12.5 Å². The van der Waals surface area contributed by atoms with E-state index < -0.39 is 103 Å². The van der Waals surface area contributed by atoms with Gasteiger partial charge in [-0.1, -0.05) is 0 Å². The SMILES string of the molecule is C[C@H](NC(=O)[C@H](CCC(=O)O)NC(=O)[C@@H](N)CC(=O)O)C(=O)N[C@@H](CC(=O)O)C(=O)N[C@@H](Cc1cnc[nH]1)C(=O)O. The van der Waals surface area contributed by atoms with Crippen LogP contribution >= 0.6 is 0 Å². The number of nitrogens with one attached hydrogen (secondary N) is 5. The molecular formula is C22H31N7O12. The Hall–Kier alpha value is -5.07. The number of nitrogens with zero attached hydrogens (tertiary/aromatic N) is 1. The van der Waals surface area contributed by atoms with Crippen LogP contribution in [0.1, 0.15) is 38.3 Å². The number of carboxylic acids is 4. The van der Waals surface area contributed by atoms with Gasteiger partial charge in [-0.05, 0) is 13.3 Å². The quantitative estimate of drug-likeness (QED) is 0.0788. The Morgan fingerprint density at radius 1 is 0.780 bits per heavy atom. The monoisotopic (exact) mass is 585 g/mol. The van der Waals surface area contributed by atoms with Crippen LogP contribution < -0.4 is 27.0 Å². The lowest BCUT2D eigenvalue weighted by atomic mass is 10.1. The Labute approximate surface area is 231 Å². The number of carboxylic acid groups (broad SMARTS) is 4. The van der Waals surface area contributed by atoms with Crippen molar-refractivity contribution < 1.29 is 58.8 Å². The predicted molar refractivity (Wildman–Crippen MR) is 133 cm³/mol. The van der Waals surface area contributed by atoms with Gasteiger partial charge in [0.25, 0.3) is 0 Å². The molecule has 4 amide bonds. The third-order valence-corrected chi connectivity index (χ3v) is 5.37. The highest BCUT2D eigenvalue weighted by molar-refractivity contribution is 5.96. The van der Waals surface area contributed by atoms with E-state index in [4.69, 9.17) is 15.9 Å². The molecule has 1 rings (SSSR count). The summed E-state index contributed by atoms with van der Waals surface area (Å²) in [6.45, 7) is 1.13. The van der Waals surface area contributed by atoms with E-state index in [-0.39, 0.29) is 6.42 Å². The number of carbonyl (C=O) groups excluding carboxylic acids is 4. The number of carbonyl (C=O) groups is 8. The molecule has 1 aromatic rings. The van der Waals surface area contributed by atoms with Crippen LogP contribution in [0.3, 0.4) is 0 Å². The van der Waals surface area contributed by atoms with Gasteiger partial charge in [-0.15, -0.1) is 0 Å². The van der Waals surface area contributed by atoms with Gasteiger partial charge in [0.05, 0.1) is 25.2 Å². The fourth-order valence-electron chi connectivity index (χ4n) is 3.24. The molecule has 0 radical (unpaired) electrons. The molecule has 0 aromatic carbocycles. The molecule has 1 heterocycles. The Morgan fingerprint density at radius 2 is 1.34 bits per heavy atom. The van der Waals surface area contributed by atoms with Crippen molar-refractivity contribution in [3.05, 3.63) is 18.2 Å². The Balaban J connectivity index is 2.93. The van der Waals surface area contributed by atoms with Crippen LogP contribution in [-0.2, 0) is 44.8 Å². The molecule has 0 bridgehead atoms. The zero-order chi connectivity index (χ0) is 31.3. The average Bonchev–Trinajstić information content (AvgIpc) is 3.37. The number of aromatic nitrogens is 2. The highest BCUT2D eigenvalue weighted by atomic mass is 16.4. The van der Waals surface area contributed by atoms with E-state index in [1.165, 1.54) is 12.5 Å². The summed E-state index contributed by atoms with van der Waals surface area (Å²) >= 11 is 0. The number of nitrogens with two attached hydrogens (primary N) is 1. The smallest absolute Gasteiger partial charge is 0.326 e. The summed E-state index contributed by atoms with van der Waals surface area (Å²) < 4.78 is 0. The zero-order valence-electron chi connectivity index (χ0n) is 21.7. The number of imidazole rings is 1. The number of hydrogen-bond acceptors (Lipinski definition) is 10. The lowest BCUT2D eigenvalue weighted by Gasteiger charge is -2.24. The standard InChI is InChI=1S/C22H31N7O12/c1-9(26-20(38)12(2-3-15(30)31)27-19(37)11(23)5-16(32)33)18(36)28-13(6-17(34)35)21(39)29-14(22(40)41)4-10-7-24-8-25-10/h7-9,11-14H,2-6,23H2,1H3,(H,24,25)(H,26,38)(H,27,37)(H,28,36)(H,29,39)(H,30,31)(H,32,33)(H,34,35)(H,40,41)/t9-,11-,12-,13-,14-/m0/s1. The molecule has 0 aliphatic carbocycles. The van der Waals surface area contributed by atoms with Crippen molar-refractivity contribution >= 4 is 47.5 Å². The molecule has 0 saturated heterocycles. The molecule has 226 valence electrons. The van der Waals surface area contributed by atoms with Crippen molar-refractivity contribution in [2.75, 3.05) is 0 Å². The van der Waals surface area contributed by atoms with Crippen LogP contribution in [0.2, 0.25) is 0 Å². The molecule has 0 aliphatic rings. The first kappa shape index (κ1) is 34.0. The van der Waals surface area contributed by atoms with Crippen molar-refractivity contribution in [2.45, 2.75) is 69.2 Å². The average molecular weight is 586 g/mol. The van der Waals surface area contributed by atoms with Gasteiger partial charge in [0.15, 0.2) is 0 Å². The molecule has 11 N–H and O–H groups in total. The van der Waals surface area contributed by atoms with Crippen LogP contribution in [0.4, 0.5) is 0 Å². The number of hydrogen-bond donors (Lipinski definition) is 10. The van der Waals surface area contributed by atoms with E-state index >= 15 is 0 Å². The maximum absolute atomic E-state index is 12.7. The second-order valence-corrected chi connectivity index (χ2v) is 8.77. The molecule has 19 heteroatoms. The predicted octanol–water partition coefficient (Wildman–Crippen LogP) is -3.86. The van der Waals surface area contributed by atoms with E-state index in [0.717, 1.165) is 6.92 Å². The van der Waals surface area contributed by atoms with E-state index in [2.05, 4.69) is 31.2 Å². The number of aliphatic carboxylic acids is 4. The number of amides is 4. The van der Waals surface area contributed by atoms with Gasteiger partial charge in [-0.3, -0.25) is 33.6 Å². The molecule has 0 saturated carbocycles. The van der Waals surface area contributed by atoms with Crippen LogP contribution in [0.25, 0.3) is 0 Å². The summed E-state index contributed by atoms with van der Waals surface area (Å²) in [5.74, 6) is -10.1. The van der Waals surface area contributed by atoms with Gasteiger partial charge < -0.3 is 52.4 Å². The number of rotatable bonds is 18. The van der Waals surface area contributed by atoms with Crippen molar-refractivity contribution in [3.63, 3.8) is 0 Å². The highest BCUT2D eigenvalue weighted by Gasteiger charge is 2.32. The number of aromatic amines is 1. The Morgan fingerprint density at radius 3 is 1.85 bits per heavy atom. The van der Waals surface area contributed by atoms with Gasteiger partial charge in [0, 0.05) is 24.7 Å². The molecule has 1 aromatic heterocycles. The third-order valence-electron chi connectivity index (χ3n) is 5.37. The van der Waals surface area contributed by atoms with Crippen molar-refractivity contribution in [2.24, 2.45) is 5.73 Å². The topological polar surface area (TPSA) is 320 Å². The van der Waals surface area contributed by atoms with E-state index in [1.54, 1.807) is 0 Å². The van der Waals surface area contributed by atoms with Crippen molar-refractivity contribution in [1.29, 1.82) is 0 Å². The summed E-state index contributed by atoms with van der Waals surface area (Å²) in [7, 11) is 0. The maximum Gasteiger partial charge on any atom is 0.326 e. The summed E-state index contributed by atoms with van der Waals surface area (Å²) in [6, 6.07) is -7.86. The van der Waals surface area contributed by atoms with Gasteiger partial charge in [0.2, 0.25) is 23.6 Å². The first-order chi connectivity index (χ1) is 19.1. The fourth-order valence-corrected chi connectivity index (χ4v) is 3.24. The first-order valence-electron chi connectivity index (χ1n) is 11.9. The molecule has 5 atom stereocenters. The second kappa shape index (κ2) is 16.1. The molecule has 0 spiro atoms. The number of H-pyrrole nitrogens is 1. The van der Waals surface area contributed by atoms with E-state index in [0.29, 0.717) is 5.69 Å². The van der Waals surface area contributed by atoms with Crippen molar-refractivity contribution in [1.82, 2.24) is 31.2 Å². The Kier molecular flexibility index (Phi) is 13.4. The third kappa shape index (κ3) is 12.6. The first-order valence-corrected chi connectivity index (χ1v) is 11.9. The molecule has 0 aliphatic heterocycles.